The molecule has 0 aliphatic carbocycles. The number of benzene rings is 1. The molecule has 1 fully saturated rings. The number of esters is 1. The van der Waals surface area contributed by atoms with Crippen LogP contribution in [0.4, 0.5) is 0 Å². The lowest BCUT2D eigenvalue weighted by Gasteiger charge is -2.26. The van der Waals surface area contributed by atoms with Crippen LogP contribution in [0.15, 0.2) is 30.3 Å². The van der Waals surface area contributed by atoms with Crippen LogP contribution in [-0.2, 0) is 9.47 Å². The topological polar surface area (TPSA) is 40.0 Å². The summed E-state index contributed by atoms with van der Waals surface area (Å²) in [5, 5.41) is 0. The number of carbonyl (C=O) groups is 1. The molecule has 1 saturated heterocycles. The highest BCUT2D eigenvalue weighted by Gasteiger charge is 2.19. The monoisotopic (exact) mass is 250 g/mol. The Kier molecular flexibility index (Phi) is 4.73. The molecule has 1 aliphatic heterocycles. The Balaban J connectivity index is 1.80. The van der Waals surface area contributed by atoms with E-state index in [9.17, 15) is 4.79 Å². The van der Waals surface area contributed by atoms with E-state index in [1.807, 2.05) is 25.1 Å². The number of hydrogen-bond acceptors (Lipinski definition) is 3. The molecule has 1 heterocycles. The van der Waals surface area contributed by atoms with Crippen molar-refractivity contribution in [2.75, 3.05) is 32.8 Å². The standard InChI is InChI=1S/C14H19NO3/c1-12(11-15-7-9-17-10-8-15)18-14(16)13-5-3-2-4-6-13/h2-6,12H,7-11H2,1H3/p+1. The van der Waals surface area contributed by atoms with Gasteiger partial charge in [0.05, 0.1) is 18.8 Å². The Labute approximate surface area is 107 Å². The number of rotatable bonds is 4. The van der Waals surface area contributed by atoms with Gasteiger partial charge in [0.2, 0.25) is 0 Å². The van der Waals surface area contributed by atoms with Gasteiger partial charge in [0.25, 0.3) is 0 Å². The van der Waals surface area contributed by atoms with Crippen molar-refractivity contribution in [3.05, 3.63) is 35.9 Å². The smallest absolute Gasteiger partial charge is 0.338 e. The molecule has 1 aromatic rings. The minimum atomic E-state index is -0.240. The van der Waals surface area contributed by atoms with Crippen LogP contribution in [0.2, 0.25) is 0 Å². The molecule has 4 heteroatoms. The Morgan fingerprint density at radius 1 is 1.33 bits per heavy atom. The van der Waals surface area contributed by atoms with Crippen LogP contribution in [0.1, 0.15) is 17.3 Å². The average Bonchev–Trinajstić information content (AvgIpc) is 2.40. The minimum absolute atomic E-state index is 0.0641. The van der Waals surface area contributed by atoms with Gasteiger partial charge in [0, 0.05) is 0 Å². The third kappa shape index (κ3) is 3.82. The maximum Gasteiger partial charge on any atom is 0.338 e. The zero-order chi connectivity index (χ0) is 12.8. The molecule has 0 saturated carbocycles. The number of nitrogens with one attached hydrogen (secondary N) is 1. The summed E-state index contributed by atoms with van der Waals surface area (Å²) in [7, 11) is 0. The molecule has 0 aromatic heterocycles. The summed E-state index contributed by atoms with van der Waals surface area (Å²) in [5.41, 5.74) is 0.612. The van der Waals surface area contributed by atoms with Gasteiger partial charge in [-0.2, -0.15) is 0 Å². The predicted molar refractivity (Wildman–Crippen MR) is 67.7 cm³/mol. The predicted octanol–water partition coefficient (Wildman–Crippen LogP) is 0.147. The Morgan fingerprint density at radius 2 is 2.00 bits per heavy atom. The molecule has 1 unspecified atom stereocenters. The first kappa shape index (κ1) is 13.1. The molecule has 1 aromatic carbocycles. The number of quaternary nitrogens is 1. The molecule has 1 N–H and O–H groups in total. The van der Waals surface area contributed by atoms with Gasteiger partial charge in [-0.25, -0.2) is 4.79 Å². The van der Waals surface area contributed by atoms with Gasteiger partial charge >= 0.3 is 5.97 Å². The summed E-state index contributed by atoms with van der Waals surface area (Å²) in [6.07, 6.45) is -0.0641. The van der Waals surface area contributed by atoms with E-state index in [1.54, 1.807) is 12.1 Å². The van der Waals surface area contributed by atoms with E-state index in [0.717, 1.165) is 32.8 Å². The zero-order valence-electron chi connectivity index (χ0n) is 10.7. The molecule has 1 atom stereocenters. The van der Waals surface area contributed by atoms with Crippen molar-refractivity contribution in [2.45, 2.75) is 13.0 Å². The maximum absolute atomic E-state index is 11.8. The highest BCUT2D eigenvalue weighted by molar-refractivity contribution is 5.89. The summed E-state index contributed by atoms with van der Waals surface area (Å²) in [6, 6.07) is 9.12. The van der Waals surface area contributed by atoms with E-state index in [0.29, 0.717) is 5.56 Å². The molecule has 18 heavy (non-hydrogen) atoms. The molecule has 0 bridgehead atoms. The SMILES string of the molecule is CC(C[NH+]1CCOCC1)OC(=O)c1ccccc1. The quantitative estimate of drug-likeness (QED) is 0.773. The molecule has 98 valence electrons. The third-order valence-corrected chi connectivity index (χ3v) is 3.09. The van der Waals surface area contributed by atoms with Crippen LogP contribution in [0.25, 0.3) is 0 Å². The van der Waals surface area contributed by atoms with Crippen molar-refractivity contribution in [3.8, 4) is 0 Å². The van der Waals surface area contributed by atoms with Crippen molar-refractivity contribution in [1.29, 1.82) is 0 Å². The van der Waals surface area contributed by atoms with Crippen molar-refractivity contribution in [3.63, 3.8) is 0 Å². The molecule has 2 rings (SSSR count). The molecule has 0 amide bonds. The van der Waals surface area contributed by atoms with Crippen LogP contribution < -0.4 is 4.90 Å². The highest BCUT2D eigenvalue weighted by Crippen LogP contribution is 2.02. The van der Waals surface area contributed by atoms with Crippen molar-refractivity contribution >= 4 is 5.97 Å². The average molecular weight is 250 g/mol. The first-order chi connectivity index (χ1) is 8.75. The van der Waals surface area contributed by atoms with E-state index in [1.165, 1.54) is 4.90 Å². The molecular formula is C14H20NO3+. The second-order valence-corrected chi connectivity index (χ2v) is 4.65. The molecule has 4 nitrogen and oxygen atoms in total. The summed E-state index contributed by atoms with van der Waals surface area (Å²) < 4.78 is 10.7. The lowest BCUT2D eigenvalue weighted by Crippen LogP contribution is -3.15. The normalized spacial score (nSPS) is 18.3. The molecule has 1 aliphatic rings. The Bertz CT molecular complexity index is 374. The van der Waals surface area contributed by atoms with Crippen LogP contribution in [0, 0.1) is 0 Å². The van der Waals surface area contributed by atoms with Crippen LogP contribution >= 0.6 is 0 Å². The van der Waals surface area contributed by atoms with Gasteiger partial charge in [-0.05, 0) is 19.1 Å². The van der Waals surface area contributed by atoms with Crippen LogP contribution in [0.3, 0.4) is 0 Å². The molecule has 0 spiro atoms. The van der Waals surface area contributed by atoms with Crippen LogP contribution in [0.5, 0.6) is 0 Å². The van der Waals surface area contributed by atoms with E-state index in [2.05, 4.69) is 0 Å². The number of hydrogen-bond donors (Lipinski definition) is 1. The largest absolute Gasteiger partial charge is 0.453 e. The van der Waals surface area contributed by atoms with Gasteiger partial charge < -0.3 is 14.4 Å². The van der Waals surface area contributed by atoms with Gasteiger partial charge in [-0.15, -0.1) is 0 Å². The van der Waals surface area contributed by atoms with Crippen molar-refractivity contribution < 1.29 is 19.2 Å². The van der Waals surface area contributed by atoms with Crippen LogP contribution in [-0.4, -0.2) is 44.9 Å². The first-order valence-corrected chi connectivity index (χ1v) is 6.43. The maximum atomic E-state index is 11.8. The second-order valence-electron chi connectivity index (χ2n) is 4.65. The fraction of sp³-hybridized carbons (Fsp3) is 0.500. The minimum Gasteiger partial charge on any atom is -0.453 e. The number of carbonyl (C=O) groups excluding carboxylic acids is 1. The lowest BCUT2D eigenvalue weighted by atomic mass is 10.2. The van der Waals surface area contributed by atoms with Gasteiger partial charge in [-0.3, -0.25) is 0 Å². The van der Waals surface area contributed by atoms with E-state index < -0.39 is 0 Å². The van der Waals surface area contributed by atoms with Gasteiger partial charge in [-0.1, -0.05) is 18.2 Å². The summed E-state index contributed by atoms with van der Waals surface area (Å²) >= 11 is 0. The second kappa shape index (κ2) is 6.52. The summed E-state index contributed by atoms with van der Waals surface area (Å²) in [6.45, 7) is 6.38. The zero-order valence-corrected chi connectivity index (χ0v) is 10.7. The van der Waals surface area contributed by atoms with E-state index >= 15 is 0 Å². The van der Waals surface area contributed by atoms with Crippen molar-refractivity contribution in [1.82, 2.24) is 0 Å². The Morgan fingerprint density at radius 3 is 2.67 bits per heavy atom. The van der Waals surface area contributed by atoms with Gasteiger partial charge in [0.15, 0.2) is 0 Å². The fourth-order valence-electron chi connectivity index (χ4n) is 2.14. The molecular weight excluding hydrogens is 230 g/mol. The lowest BCUT2D eigenvalue weighted by molar-refractivity contribution is -0.910. The van der Waals surface area contributed by atoms with E-state index in [4.69, 9.17) is 9.47 Å². The third-order valence-electron chi connectivity index (χ3n) is 3.09. The summed E-state index contributed by atoms with van der Waals surface area (Å²) in [4.78, 5) is 13.3. The Hall–Kier alpha value is -1.39. The molecule has 0 radical (unpaired) electrons. The summed E-state index contributed by atoms with van der Waals surface area (Å²) in [5.74, 6) is -0.240. The highest BCUT2D eigenvalue weighted by atomic mass is 16.5. The van der Waals surface area contributed by atoms with Gasteiger partial charge in [0.1, 0.15) is 25.7 Å². The fourth-order valence-corrected chi connectivity index (χ4v) is 2.14. The van der Waals surface area contributed by atoms with Crippen molar-refractivity contribution in [2.24, 2.45) is 0 Å². The van der Waals surface area contributed by atoms with E-state index in [-0.39, 0.29) is 12.1 Å². The number of ether oxygens (including phenoxy) is 2. The number of morpholine rings is 1. The first-order valence-electron chi connectivity index (χ1n) is 6.43.